The molecule has 4 rings (SSSR count). The number of anilines is 1. The van der Waals surface area contributed by atoms with Gasteiger partial charge in [-0.3, -0.25) is 14.6 Å². The molecule has 0 unspecified atom stereocenters. The van der Waals surface area contributed by atoms with Crippen molar-refractivity contribution >= 4 is 39.7 Å². The van der Waals surface area contributed by atoms with Crippen LogP contribution in [0.5, 0.6) is 0 Å². The molecule has 5 nitrogen and oxygen atoms in total. The van der Waals surface area contributed by atoms with Crippen LogP contribution in [-0.2, 0) is 11.2 Å². The number of carbonyl (C=O) groups excluding carboxylic acids is 2. The Morgan fingerprint density at radius 2 is 2.07 bits per heavy atom. The number of nitrogens with one attached hydrogen (secondary N) is 2. The van der Waals surface area contributed by atoms with E-state index in [-0.39, 0.29) is 17.7 Å². The first-order chi connectivity index (χ1) is 13.6. The largest absolute Gasteiger partial charge is 0.352 e. The van der Waals surface area contributed by atoms with Crippen molar-refractivity contribution in [3.05, 3.63) is 57.9 Å². The predicted octanol–water partition coefficient (Wildman–Crippen LogP) is 4.32. The lowest BCUT2D eigenvalue weighted by Crippen LogP contribution is -2.28. The smallest absolute Gasteiger partial charge is 0.252 e. The molecule has 3 aromatic rings. The van der Waals surface area contributed by atoms with E-state index >= 15 is 0 Å². The van der Waals surface area contributed by atoms with Crippen molar-refractivity contribution in [2.75, 3.05) is 11.9 Å². The SMILES string of the molecule is Cc1ccc2c(C(=O)NCCc3cccs3)cc(NC(=O)C3CCC3)cc2n1. The Hall–Kier alpha value is -2.73. The van der Waals surface area contributed by atoms with Crippen LogP contribution in [0.2, 0.25) is 0 Å². The number of aromatic nitrogens is 1. The molecular formula is C22H23N3O2S. The van der Waals surface area contributed by atoms with E-state index in [2.05, 4.69) is 21.7 Å². The maximum Gasteiger partial charge on any atom is 0.252 e. The highest BCUT2D eigenvalue weighted by atomic mass is 32.1. The van der Waals surface area contributed by atoms with E-state index in [4.69, 9.17) is 0 Å². The van der Waals surface area contributed by atoms with Crippen molar-refractivity contribution in [3.8, 4) is 0 Å². The molecule has 6 heteroatoms. The van der Waals surface area contributed by atoms with Gasteiger partial charge in [-0.05, 0) is 55.8 Å². The number of rotatable bonds is 6. The van der Waals surface area contributed by atoms with Crippen LogP contribution in [0.3, 0.4) is 0 Å². The van der Waals surface area contributed by atoms with E-state index in [9.17, 15) is 9.59 Å². The molecule has 0 spiro atoms. The Bertz CT molecular complexity index is 1010. The minimum atomic E-state index is -0.146. The van der Waals surface area contributed by atoms with Gasteiger partial charge in [0.1, 0.15) is 0 Å². The van der Waals surface area contributed by atoms with Crippen LogP contribution in [0.15, 0.2) is 41.8 Å². The molecule has 1 fully saturated rings. The van der Waals surface area contributed by atoms with Crippen LogP contribution in [0.1, 0.15) is 40.2 Å². The van der Waals surface area contributed by atoms with Gasteiger partial charge in [0, 0.05) is 34.1 Å². The molecule has 2 N–H and O–H groups in total. The fraction of sp³-hybridized carbons (Fsp3) is 0.318. The number of hydrogen-bond donors (Lipinski definition) is 2. The quantitative estimate of drug-likeness (QED) is 0.655. The fourth-order valence-electron chi connectivity index (χ4n) is 3.36. The van der Waals surface area contributed by atoms with Crippen molar-refractivity contribution in [1.29, 1.82) is 0 Å². The van der Waals surface area contributed by atoms with Crippen molar-refractivity contribution in [1.82, 2.24) is 10.3 Å². The van der Waals surface area contributed by atoms with Crippen LogP contribution in [-0.4, -0.2) is 23.3 Å². The Balaban J connectivity index is 1.57. The average Bonchev–Trinajstić information content (AvgIpc) is 3.12. The molecule has 0 aliphatic heterocycles. The van der Waals surface area contributed by atoms with E-state index in [1.54, 1.807) is 17.4 Å². The Labute approximate surface area is 168 Å². The molecule has 0 atom stereocenters. The molecule has 0 bridgehead atoms. The van der Waals surface area contributed by atoms with Gasteiger partial charge in [-0.2, -0.15) is 0 Å². The van der Waals surface area contributed by atoms with Gasteiger partial charge in [-0.15, -0.1) is 11.3 Å². The van der Waals surface area contributed by atoms with E-state index in [1.165, 1.54) is 4.88 Å². The minimum absolute atomic E-state index is 0.0299. The molecule has 1 aromatic carbocycles. The highest BCUT2D eigenvalue weighted by Crippen LogP contribution is 2.29. The number of carbonyl (C=O) groups is 2. The maximum atomic E-state index is 12.9. The number of thiophene rings is 1. The first-order valence-electron chi connectivity index (χ1n) is 9.63. The van der Waals surface area contributed by atoms with Crippen LogP contribution in [0.4, 0.5) is 5.69 Å². The van der Waals surface area contributed by atoms with Crippen molar-refractivity contribution in [2.45, 2.75) is 32.6 Å². The van der Waals surface area contributed by atoms with Crippen LogP contribution < -0.4 is 10.6 Å². The zero-order valence-electron chi connectivity index (χ0n) is 15.8. The highest BCUT2D eigenvalue weighted by Gasteiger charge is 2.25. The lowest BCUT2D eigenvalue weighted by molar-refractivity contribution is -0.122. The summed E-state index contributed by atoms with van der Waals surface area (Å²) in [5.74, 6) is -0.0292. The summed E-state index contributed by atoms with van der Waals surface area (Å²) >= 11 is 1.69. The summed E-state index contributed by atoms with van der Waals surface area (Å²) in [6.45, 7) is 2.48. The number of nitrogens with zero attached hydrogens (tertiary/aromatic N) is 1. The number of benzene rings is 1. The number of hydrogen-bond acceptors (Lipinski definition) is 4. The zero-order valence-corrected chi connectivity index (χ0v) is 16.6. The zero-order chi connectivity index (χ0) is 19.5. The summed E-state index contributed by atoms with van der Waals surface area (Å²) < 4.78 is 0. The lowest BCUT2D eigenvalue weighted by Gasteiger charge is -2.24. The van der Waals surface area contributed by atoms with Gasteiger partial charge in [-0.1, -0.05) is 18.6 Å². The number of pyridine rings is 1. The molecule has 28 heavy (non-hydrogen) atoms. The predicted molar refractivity (Wildman–Crippen MR) is 113 cm³/mol. The summed E-state index contributed by atoms with van der Waals surface area (Å²) in [4.78, 5) is 31.0. The van der Waals surface area contributed by atoms with Gasteiger partial charge in [0.2, 0.25) is 5.91 Å². The maximum absolute atomic E-state index is 12.9. The molecule has 2 heterocycles. The van der Waals surface area contributed by atoms with Crippen molar-refractivity contribution < 1.29 is 9.59 Å². The molecule has 2 aromatic heterocycles. The van der Waals surface area contributed by atoms with E-state index in [0.717, 1.165) is 42.3 Å². The van der Waals surface area contributed by atoms with E-state index < -0.39 is 0 Å². The molecule has 0 saturated heterocycles. The van der Waals surface area contributed by atoms with Crippen molar-refractivity contribution in [3.63, 3.8) is 0 Å². The van der Waals surface area contributed by atoms with Crippen LogP contribution >= 0.6 is 11.3 Å². The third kappa shape index (κ3) is 4.07. The topological polar surface area (TPSA) is 71.1 Å². The first kappa shape index (κ1) is 18.6. The molecular weight excluding hydrogens is 370 g/mol. The lowest BCUT2D eigenvalue weighted by atomic mass is 9.85. The average molecular weight is 394 g/mol. The molecule has 1 saturated carbocycles. The Morgan fingerprint density at radius 1 is 1.21 bits per heavy atom. The van der Waals surface area contributed by atoms with E-state index in [0.29, 0.717) is 17.8 Å². The van der Waals surface area contributed by atoms with Gasteiger partial charge in [0.25, 0.3) is 5.91 Å². The third-order valence-electron chi connectivity index (χ3n) is 5.17. The van der Waals surface area contributed by atoms with Crippen molar-refractivity contribution in [2.24, 2.45) is 5.92 Å². The number of aryl methyl sites for hydroxylation is 1. The van der Waals surface area contributed by atoms with Gasteiger partial charge in [0.15, 0.2) is 0 Å². The monoisotopic (exact) mass is 393 g/mol. The molecule has 1 aliphatic carbocycles. The third-order valence-corrected chi connectivity index (χ3v) is 6.11. The second-order valence-corrected chi connectivity index (χ2v) is 8.28. The summed E-state index contributed by atoms with van der Waals surface area (Å²) in [7, 11) is 0. The van der Waals surface area contributed by atoms with E-state index in [1.807, 2.05) is 36.6 Å². The summed E-state index contributed by atoms with van der Waals surface area (Å²) in [5, 5.41) is 8.80. The van der Waals surface area contributed by atoms with Gasteiger partial charge < -0.3 is 10.6 Å². The molecule has 0 radical (unpaired) electrons. The van der Waals surface area contributed by atoms with Crippen LogP contribution in [0, 0.1) is 12.8 Å². The molecule has 2 amide bonds. The molecule has 144 valence electrons. The summed E-state index contributed by atoms with van der Waals surface area (Å²) in [5.41, 5.74) is 2.76. The van der Waals surface area contributed by atoms with Gasteiger partial charge >= 0.3 is 0 Å². The molecule has 1 aliphatic rings. The highest BCUT2D eigenvalue weighted by molar-refractivity contribution is 7.09. The fourth-order valence-corrected chi connectivity index (χ4v) is 4.07. The van der Waals surface area contributed by atoms with Crippen LogP contribution in [0.25, 0.3) is 10.9 Å². The van der Waals surface area contributed by atoms with Gasteiger partial charge in [-0.25, -0.2) is 0 Å². The Morgan fingerprint density at radius 3 is 2.79 bits per heavy atom. The normalized spacial score (nSPS) is 13.9. The number of fused-ring (bicyclic) bond motifs is 1. The second-order valence-electron chi connectivity index (χ2n) is 7.25. The minimum Gasteiger partial charge on any atom is -0.352 e. The first-order valence-corrected chi connectivity index (χ1v) is 10.5. The summed E-state index contributed by atoms with van der Waals surface area (Å²) in [6.07, 6.45) is 3.78. The van der Waals surface area contributed by atoms with Gasteiger partial charge in [0.05, 0.1) is 11.1 Å². The Kier molecular flexibility index (Phi) is 5.39. The summed E-state index contributed by atoms with van der Waals surface area (Å²) in [6, 6.07) is 11.5. The number of amides is 2. The second kappa shape index (κ2) is 8.10. The standard InChI is InChI=1S/C22H23N3O2S/c1-14-7-8-18-19(22(27)23-10-9-17-6-3-11-28-17)12-16(13-20(18)24-14)25-21(26)15-4-2-5-15/h3,6-8,11-13,15H,2,4-5,9-10H2,1H3,(H,23,27)(H,25,26).